The zero-order valence-corrected chi connectivity index (χ0v) is 16.2. The summed E-state index contributed by atoms with van der Waals surface area (Å²) in [6.07, 6.45) is 3.18. The molecule has 2 aromatic rings. The topological polar surface area (TPSA) is 61.4 Å². The van der Waals surface area contributed by atoms with E-state index in [1.54, 1.807) is 0 Å². The van der Waals surface area contributed by atoms with Crippen molar-refractivity contribution in [2.45, 2.75) is 6.92 Å². The van der Waals surface area contributed by atoms with Crippen molar-refractivity contribution in [2.75, 3.05) is 30.4 Å². The number of rotatable bonds is 4. The maximum Gasteiger partial charge on any atom is 0.229 e. The molecule has 0 aromatic heterocycles. The van der Waals surface area contributed by atoms with Crippen LogP contribution in [-0.4, -0.2) is 33.7 Å². The summed E-state index contributed by atoms with van der Waals surface area (Å²) in [6, 6.07) is 12.0. The van der Waals surface area contributed by atoms with E-state index in [2.05, 4.69) is 28.8 Å². The van der Waals surface area contributed by atoms with Gasteiger partial charge in [0.25, 0.3) is 0 Å². The maximum absolute atomic E-state index is 11.7. The second-order valence-corrected chi connectivity index (χ2v) is 8.26. The standard InChI is InChI=1S/C20H23N3O2S/c1-13-6-7-15(10-20(13)22-26(5,24)25)19-12-23(4)14(2)18-11-16(21-3)8-9-17(18)19/h6-12,21-22H,2H2,1,3-5H3. The Bertz CT molecular complexity index is 1020. The Morgan fingerprint density at radius 3 is 2.46 bits per heavy atom. The van der Waals surface area contributed by atoms with Gasteiger partial charge in [-0.25, -0.2) is 8.42 Å². The largest absolute Gasteiger partial charge is 0.388 e. The van der Waals surface area contributed by atoms with Crippen LogP contribution in [0.4, 0.5) is 11.4 Å². The maximum atomic E-state index is 11.7. The molecule has 0 amide bonds. The first-order valence-corrected chi connectivity index (χ1v) is 10.1. The zero-order valence-electron chi connectivity index (χ0n) is 15.4. The van der Waals surface area contributed by atoms with Crippen molar-refractivity contribution in [1.82, 2.24) is 4.90 Å². The number of hydrogen-bond donors (Lipinski definition) is 2. The van der Waals surface area contributed by atoms with Gasteiger partial charge in [-0.2, -0.15) is 0 Å². The number of fused-ring (bicyclic) bond motifs is 1. The zero-order chi connectivity index (χ0) is 19.1. The van der Waals surface area contributed by atoms with Crippen molar-refractivity contribution in [2.24, 2.45) is 0 Å². The lowest BCUT2D eigenvalue weighted by molar-refractivity contribution is 0.607. The SMILES string of the molecule is C=C1c2cc(NC)ccc2C(c2ccc(C)c(NS(C)(=O)=O)c2)=CN1C. The van der Waals surface area contributed by atoms with E-state index >= 15 is 0 Å². The van der Waals surface area contributed by atoms with Gasteiger partial charge < -0.3 is 10.2 Å². The first kappa shape index (κ1) is 18.1. The van der Waals surface area contributed by atoms with Crippen LogP contribution in [0.3, 0.4) is 0 Å². The van der Waals surface area contributed by atoms with Gasteiger partial charge in [0, 0.05) is 42.8 Å². The second-order valence-electron chi connectivity index (χ2n) is 6.51. The molecule has 0 fully saturated rings. The van der Waals surface area contributed by atoms with Crippen LogP contribution < -0.4 is 10.0 Å². The molecular weight excluding hydrogens is 346 g/mol. The highest BCUT2D eigenvalue weighted by Gasteiger charge is 2.21. The van der Waals surface area contributed by atoms with Crippen molar-refractivity contribution in [3.63, 3.8) is 0 Å². The fourth-order valence-electron chi connectivity index (χ4n) is 3.03. The van der Waals surface area contributed by atoms with Gasteiger partial charge in [-0.1, -0.05) is 24.8 Å². The van der Waals surface area contributed by atoms with Gasteiger partial charge in [-0.15, -0.1) is 0 Å². The number of benzene rings is 2. The first-order valence-electron chi connectivity index (χ1n) is 8.24. The Kier molecular flexibility index (Phi) is 4.54. The molecular formula is C20H23N3O2S. The Balaban J connectivity index is 2.14. The van der Waals surface area contributed by atoms with Crippen molar-refractivity contribution in [1.29, 1.82) is 0 Å². The van der Waals surface area contributed by atoms with Gasteiger partial charge in [-0.3, -0.25) is 4.72 Å². The lowest BCUT2D eigenvalue weighted by atomic mass is 9.89. The Hall–Kier alpha value is -2.73. The van der Waals surface area contributed by atoms with E-state index in [1.165, 1.54) is 0 Å². The average Bonchev–Trinajstić information content (AvgIpc) is 2.58. The summed E-state index contributed by atoms with van der Waals surface area (Å²) < 4.78 is 25.9. The monoisotopic (exact) mass is 369 g/mol. The molecule has 0 saturated heterocycles. The summed E-state index contributed by atoms with van der Waals surface area (Å²) in [7, 11) is 0.507. The number of aryl methyl sites for hydroxylation is 1. The molecule has 0 saturated carbocycles. The molecule has 0 radical (unpaired) electrons. The summed E-state index contributed by atoms with van der Waals surface area (Å²) in [5.74, 6) is 0. The van der Waals surface area contributed by atoms with Crippen LogP contribution in [0.1, 0.15) is 22.3 Å². The van der Waals surface area contributed by atoms with Crippen molar-refractivity contribution in [3.8, 4) is 0 Å². The molecule has 2 aromatic carbocycles. The van der Waals surface area contributed by atoms with Gasteiger partial charge in [0.05, 0.1) is 11.9 Å². The van der Waals surface area contributed by atoms with Crippen LogP contribution in [-0.2, 0) is 10.0 Å². The smallest absolute Gasteiger partial charge is 0.229 e. The highest BCUT2D eigenvalue weighted by Crippen LogP contribution is 2.38. The van der Waals surface area contributed by atoms with Crippen LogP contribution in [0, 0.1) is 6.92 Å². The van der Waals surface area contributed by atoms with E-state index in [4.69, 9.17) is 0 Å². The summed E-state index contributed by atoms with van der Waals surface area (Å²) in [5, 5.41) is 3.15. The minimum atomic E-state index is -3.34. The average molecular weight is 369 g/mol. The van der Waals surface area contributed by atoms with Gasteiger partial charge in [0.2, 0.25) is 10.0 Å². The van der Waals surface area contributed by atoms with Crippen LogP contribution in [0.25, 0.3) is 11.3 Å². The van der Waals surface area contributed by atoms with Gasteiger partial charge in [0.15, 0.2) is 0 Å². The summed E-state index contributed by atoms with van der Waals surface area (Å²) in [5.41, 5.74) is 7.49. The van der Waals surface area contributed by atoms with E-state index in [9.17, 15) is 8.42 Å². The quantitative estimate of drug-likeness (QED) is 0.862. The number of hydrogen-bond acceptors (Lipinski definition) is 4. The minimum absolute atomic E-state index is 0.589. The highest BCUT2D eigenvalue weighted by atomic mass is 32.2. The van der Waals surface area contributed by atoms with E-state index in [0.29, 0.717) is 5.69 Å². The Morgan fingerprint density at radius 1 is 1.08 bits per heavy atom. The summed E-state index contributed by atoms with van der Waals surface area (Å²) >= 11 is 0. The van der Waals surface area contributed by atoms with Crippen LogP contribution in [0.5, 0.6) is 0 Å². The van der Waals surface area contributed by atoms with Crippen molar-refractivity contribution >= 4 is 32.7 Å². The summed E-state index contributed by atoms with van der Waals surface area (Å²) in [4.78, 5) is 1.99. The van der Waals surface area contributed by atoms with E-state index in [1.807, 2.05) is 56.4 Å². The predicted octanol–water partition coefficient (Wildman–Crippen LogP) is 3.71. The molecule has 0 unspecified atom stereocenters. The number of sulfonamides is 1. The van der Waals surface area contributed by atoms with Crippen LogP contribution >= 0.6 is 0 Å². The Labute approximate surface area is 155 Å². The third kappa shape index (κ3) is 3.46. The summed E-state index contributed by atoms with van der Waals surface area (Å²) in [6.45, 7) is 6.06. The molecule has 136 valence electrons. The van der Waals surface area contributed by atoms with Crippen molar-refractivity contribution < 1.29 is 8.42 Å². The third-order valence-electron chi connectivity index (χ3n) is 4.50. The fraction of sp³-hybridized carbons (Fsp3) is 0.200. The molecule has 0 atom stereocenters. The first-order chi connectivity index (χ1) is 12.2. The second kappa shape index (κ2) is 6.53. The molecule has 5 nitrogen and oxygen atoms in total. The molecule has 0 bridgehead atoms. The van der Waals surface area contributed by atoms with E-state index < -0.39 is 10.0 Å². The lowest BCUT2D eigenvalue weighted by Gasteiger charge is -2.29. The normalized spacial score (nSPS) is 13.9. The number of nitrogens with one attached hydrogen (secondary N) is 2. The predicted molar refractivity (Wildman–Crippen MR) is 110 cm³/mol. The van der Waals surface area contributed by atoms with E-state index in [-0.39, 0.29) is 0 Å². The molecule has 26 heavy (non-hydrogen) atoms. The molecule has 3 rings (SSSR count). The Morgan fingerprint density at radius 2 is 1.81 bits per heavy atom. The van der Waals surface area contributed by atoms with Crippen molar-refractivity contribution in [3.05, 3.63) is 71.4 Å². The highest BCUT2D eigenvalue weighted by molar-refractivity contribution is 7.92. The molecule has 1 heterocycles. The van der Waals surface area contributed by atoms with Gasteiger partial charge in [0.1, 0.15) is 0 Å². The van der Waals surface area contributed by atoms with Gasteiger partial charge in [-0.05, 0) is 41.8 Å². The fourth-order valence-corrected chi connectivity index (χ4v) is 3.65. The number of anilines is 2. The molecule has 1 aliphatic heterocycles. The van der Waals surface area contributed by atoms with E-state index in [0.717, 1.165) is 45.5 Å². The lowest BCUT2D eigenvalue weighted by Crippen LogP contribution is -2.16. The molecule has 6 heteroatoms. The van der Waals surface area contributed by atoms with Gasteiger partial charge >= 0.3 is 0 Å². The molecule has 2 N–H and O–H groups in total. The third-order valence-corrected chi connectivity index (χ3v) is 5.09. The molecule has 1 aliphatic rings. The minimum Gasteiger partial charge on any atom is -0.388 e. The molecule has 0 aliphatic carbocycles. The molecule has 0 spiro atoms. The number of nitrogens with zero attached hydrogens (tertiary/aromatic N) is 1. The van der Waals surface area contributed by atoms with Crippen LogP contribution in [0.15, 0.2) is 49.2 Å². The van der Waals surface area contributed by atoms with Crippen LogP contribution in [0.2, 0.25) is 0 Å².